The van der Waals surface area contributed by atoms with E-state index in [2.05, 4.69) is 20.4 Å². The summed E-state index contributed by atoms with van der Waals surface area (Å²) in [5, 5.41) is 7.74. The van der Waals surface area contributed by atoms with Crippen molar-refractivity contribution >= 4 is 22.9 Å². The van der Waals surface area contributed by atoms with Crippen LogP contribution in [0.5, 0.6) is 5.75 Å². The van der Waals surface area contributed by atoms with Crippen LogP contribution in [-0.4, -0.2) is 34.8 Å². The summed E-state index contributed by atoms with van der Waals surface area (Å²) >= 11 is 0. The van der Waals surface area contributed by atoms with Crippen molar-refractivity contribution in [3.63, 3.8) is 0 Å². The molecule has 0 amide bonds. The lowest BCUT2D eigenvalue weighted by Gasteiger charge is -2.09. The van der Waals surface area contributed by atoms with Crippen LogP contribution in [-0.2, 0) is 11.3 Å². The van der Waals surface area contributed by atoms with Crippen molar-refractivity contribution < 1.29 is 18.8 Å². The Hall–Kier alpha value is -3.16. The Kier molecular flexibility index (Phi) is 4.78. The van der Waals surface area contributed by atoms with Crippen molar-refractivity contribution in [2.24, 2.45) is 0 Å². The summed E-state index contributed by atoms with van der Waals surface area (Å²) in [6.07, 6.45) is 0. The van der Waals surface area contributed by atoms with Crippen LogP contribution in [0.3, 0.4) is 0 Å². The molecule has 0 saturated heterocycles. The number of rotatable bonds is 6. The molecule has 1 aromatic carbocycles. The molecular formula is C17H18N4O4. The zero-order valence-corrected chi connectivity index (χ0v) is 14.2. The number of nitrogens with zero attached hydrogens (tertiary/aromatic N) is 3. The van der Waals surface area contributed by atoms with Gasteiger partial charge < -0.3 is 19.3 Å². The molecule has 0 aliphatic rings. The number of fused-ring (bicyclic) bond motifs is 1. The lowest BCUT2D eigenvalue weighted by atomic mass is 10.2. The van der Waals surface area contributed by atoms with Gasteiger partial charge in [-0.15, -0.1) is 0 Å². The van der Waals surface area contributed by atoms with Crippen LogP contribution in [0.1, 0.15) is 28.8 Å². The van der Waals surface area contributed by atoms with Crippen molar-refractivity contribution in [3.05, 3.63) is 41.3 Å². The van der Waals surface area contributed by atoms with E-state index in [1.807, 2.05) is 24.3 Å². The zero-order chi connectivity index (χ0) is 17.8. The van der Waals surface area contributed by atoms with Gasteiger partial charge in [0.25, 0.3) is 5.71 Å². The lowest BCUT2D eigenvalue weighted by molar-refractivity contribution is 0.0512. The van der Waals surface area contributed by atoms with Crippen LogP contribution < -0.4 is 10.1 Å². The molecule has 1 N–H and O–H groups in total. The molecule has 0 unspecified atom stereocenters. The maximum atomic E-state index is 12.0. The minimum absolute atomic E-state index is 0.0707. The Balaban J connectivity index is 1.93. The van der Waals surface area contributed by atoms with Gasteiger partial charge in [0.1, 0.15) is 17.0 Å². The van der Waals surface area contributed by atoms with Gasteiger partial charge in [0, 0.05) is 6.54 Å². The number of benzene rings is 1. The first-order valence-electron chi connectivity index (χ1n) is 7.80. The molecule has 0 bridgehead atoms. The summed E-state index contributed by atoms with van der Waals surface area (Å²) in [6.45, 7) is 4.23. The third kappa shape index (κ3) is 3.52. The molecule has 2 aromatic heterocycles. The standard InChI is InChI=1S/C17H18N4O4/c1-4-24-17(22)15-19-14(13-10(2)21-25-16(13)20-15)18-9-11-6-5-7-12(8-11)23-3/h5-8H,4,9H2,1-3H3,(H,18,19,20). The lowest BCUT2D eigenvalue weighted by Crippen LogP contribution is -2.12. The molecule has 3 aromatic rings. The Bertz CT molecular complexity index is 907. The number of carbonyl (C=O) groups is 1. The average molecular weight is 342 g/mol. The molecule has 0 saturated carbocycles. The zero-order valence-electron chi connectivity index (χ0n) is 14.2. The highest BCUT2D eigenvalue weighted by atomic mass is 16.5. The molecule has 0 spiro atoms. The smallest absolute Gasteiger partial charge is 0.376 e. The highest BCUT2D eigenvalue weighted by Crippen LogP contribution is 2.25. The summed E-state index contributed by atoms with van der Waals surface area (Å²) in [4.78, 5) is 20.3. The fraction of sp³-hybridized carbons (Fsp3) is 0.294. The quantitative estimate of drug-likeness (QED) is 0.683. The second-order valence-corrected chi connectivity index (χ2v) is 5.27. The number of hydrogen-bond donors (Lipinski definition) is 1. The largest absolute Gasteiger partial charge is 0.497 e. The van der Waals surface area contributed by atoms with Crippen molar-refractivity contribution in [1.29, 1.82) is 0 Å². The first kappa shape index (κ1) is 16.7. The number of ether oxygens (including phenoxy) is 2. The molecular weight excluding hydrogens is 324 g/mol. The highest BCUT2D eigenvalue weighted by Gasteiger charge is 2.19. The van der Waals surface area contributed by atoms with E-state index in [9.17, 15) is 4.79 Å². The minimum Gasteiger partial charge on any atom is -0.497 e. The van der Waals surface area contributed by atoms with Gasteiger partial charge in [0.05, 0.1) is 19.4 Å². The van der Waals surface area contributed by atoms with E-state index in [0.717, 1.165) is 11.3 Å². The number of anilines is 1. The number of aromatic nitrogens is 3. The van der Waals surface area contributed by atoms with Crippen molar-refractivity contribution in [2.75, 3.05) is 19.0 Å². The van der Waals surface area contributed by atoms with Crippen LogP contribution >= 0.6 is 0 Å². The minimum atomic E-state index is -0.608. The number of carbonyl (C=O) groups excluding carboxylic acids is 1. The van der Waals surface area contributed by atoms with Gasteiger partial charge in [-0.1, -0.05) is 17.3 Å². The fourth-order valence-electron chi connectivity index (χ4n) is 2.37. The maximum absolute atomic E-state index is 12.0. The van der Waals surface area contributed by atoms with Crippen LogP contribution in [0.2, 0.25) is 0 Å². The first-order chi connectivity index (χ1) is 12.1. The number of nitrogens with one attached hydrogen (secondary N) is 1. The molecule has 130 valence electrons. The predicted molar refractivity (Wildman–Crippen MR) is 90.6 cm³/mol. The van der Waals surface area contributed by atoms with Crippen molar-refractivity contribution in [2.45, 2.75) is 20.4 Å². The van der Waals surface area contributed by atoms with Gasteiger partial charge in [-0.05, 0) is 31.5 Å². The average Bonchev–Trinajstić information content (AvgIpc) is 3.01. The van der Waals surface area contributed by atoms with Crippen LogP contribution in [0.25, 0.3) is 11.1 Å². The highest BCUT2D eigenvalue weighted by molar-refractivity contribution is 5.93. The first-order valence-corrected chi connectivity index (χ1v) is 7.80. The predicted octanol–water partition coefficient (Wildman–Crippen LogP) is 2.72. The van der Waals surface area contributed by atoms with E-state index >= 15 is 0 Å². The second kappa shape index (κ2) is 7.16. The summed E-state index contributed by atoms with van der Waals surface area (Å²) < 4.78 is 15.4. The van der Waals surface area contributed by atoms with Crippen molar-refractivity contribution in [3.8, 4) is 5.75 Å². The number of hydrogen-bond acceptors (Lipinski definition) is 8. The Morgan fingerprint density at radius 3 is 2.92 bits per heavy atom. The third-order valence-electron chi connectivity index (χ3n) is 3.56. The van der Waals surface area contributed by atoms with Crippen LogP contribution in [0, 0.1) is 6.92 Å². The Morgan fingerprint density at radius 1 is 1.32 bits per heavy atom. The molecule has 8 nitrogen and oxygen atoms in total. The van der Waals surface area contributed by atoms with Crippen LogP contribution in [0.4, 0.5) is 5.82 Å². The topological polar surface area (TPSA) is 99.4 Å². The van der Waals surface area contributed by atoms with Gasteiger partial charge >= 0.3 is 5.97 Å². The monoisotopic (exact) mass is 342 g/mol. The SMILES string of the molecule is CCOC(=O)c1nc(NCc2cccc(OC)c2)c2c(C)noc2n1. The molecule has 0 fully saturated rings. The summed E-state index contributed by atoms with van der Waals surface area (Å²) in [6, 6.07) is 7.65. The molecule has 0 radical (unpaired) electrons. The number of aryl methyl sites for hydroxylation is 1. The van der Waals surface area contributed by atoms with E-state index in [1.165, 1.54) is 0 Å². The second-order valence-electron chi connectivity index (χ2n) is 5.27. The molecule has 3 rings (SSSR count). The van der Waals surface area contributed by atoms with E-state index in [-0.39, 0.29) is 18.1 Å². The van der Waals surface area contributed by atoms with Gasteiger partial charge in [-0.3, -0.25) is 0 Å². The number of esters is 1. The summed E-state index contributed by atoms with van der Waals surface area (Å²) in [5.74, 6) is 0.552. The van der Waals surface area contributed by atoms with E-state index in [1.54, 1.807) is 21.0 Å². The summed E-state index contributed by atoms with van der Waals surface area (Å²) in [5.41, 5.74) is 1.88. The molecule has 0 atom stereocenters. The summed E-state index contributed by atoms with van der Waals surface area (Å²) in [7, 11) is 1.62. The van der Waals surface area contributed by atoms with Crippen molar-refractivity contribution in [1.82, 2.24) is 15.1 Å². The van der Waals surface area contributed by atoms with E-state index in [4.69, 9.17) is 14.0 Å². The molecule has 0 aliphatic heterocycles. The normalized spacial score (nSPS) is 10.7. The maximum Gasteiger partial charge on any atom is 0.376 e. The molecule has 25 heavy (non-hydrogen) atoms. The van der Waals surface area contributed by atoms with E-state index < -0.39 is 5.97 Å². The van der Waals surface area contributed by atoms with Gasteiger partial charge in [-0.2, -0.15) is 4.98 Å². The Labute approximate surface area is 144 Å². The third-order valence-corrected chi connectivity index (χ3v) is 3.56. The van der Waals surface area contributed by atoms with Gasteiger partial charge in [-0.25, -0.2) is 9.78 Å². The van der Waals surface area contributed by atoms with Gasteiger partial charge in [0.15, 0.2) is 0 Å². The van der Waals surface area contributed by atoms with E-state index in [0.29, 0.717) is 23.4 Å². The molecule has 2 heterocycles. The van der Waals surface area contributed by atoms with Gasteiger partial charge in [0.2, 0.25) is 5.82 Å². The molecule has 8 heteroatoms. The molecule has 0 aliphatic carbocycles. The van der Waals surface area contributed by atoms with Crippen LogP contribution in [0.15, 0.2) is 28.8 Å². The number of methoxy groups -OCH3 is 1. The fourth-order valence-corrected chi connectivity index (χ4v) is 2.37. The Morgan fingerprint density at radius 2 is 2.16 bits per heavy atom.